The lowest BCUT2D eigenvalue weighted by molar-refractivity contribution is 0.139. The molecule has 1 heterocycles. The number of aliphatic hydroxyl groups is 2. The average molecular weight is 299 g/mol. The minimum Gasteiger partial charge on any atom is -0.465 e. The molecule has 2 atom stereocenters. The molecule has 4 N–H and O–H groups in total. The SMILES string of the molecule is NC1C=CC(Cl)(N(CCO)CCO)C=C1c1ccco1. The van der Waals surface area contributed by atoms with Gasteiger partial charge in [-0.25, -0.2) is 0 Å². The quantitative estimate of drug-likeness (QED) is 0.411. The Bertz CT molecular complexity index is 481. The largest absolute Gasteiger partial charge is 0.465 e. The lowest BCUT2D eigenvalue weighted by Crippen LogP contribution is -2.46. The van der Waals surface area contributed by atoms with Crippen LogP contribution >= 0.6 is 11.6 Å². The summed E-state index contributed by atoms with van der Waals surface area (Å²) in [6, 6.07) is 3.32. The molecule has 110 valence electrons. The number of furan rings is 1. The standard InChI is InChI=1S/C14H19ClN2O3/c15-14(17(5-7-18)6-8-19)4-3-12(16)11(10-14)13-2-1-9-20-13/h1-4,9-10,12,18-19H,5-8,16H2. The summed E-state index contributed by atoms with van der Waals surface area (Å²) < 4.78 is 5.38. The second kappa shape index (κ2) is 6.56. The van der Waals surface area contributed by atoms with E-state index in [9.17, 15) is 0 Å². The zero-order chi connectivity index (χ0) is 14.6. The highest BCUT2D eigenvalue weighted by Crippen LogP contribution is 2.34. The second-order valence-corrected chi connectivity index (χ2v) is 5.23. The summed E-state index contributed by atoms with van der Waals surface area (Å²) in [5.41, 5.74) is 6.83. The highest BCUT2D eigenvalue weighted by Gasteiger charge is 2.34. The van der Waals surface area contributed by atoms with Crippen LogP contribution in [0.1, 0.15) is 5.76 Å². The summed E-state index contributed by atoms with van der Waals surface area (Å²) in [5, 5.41) is 18.3. The van der Waals surface area contributed by atoms with E-state index in [1.54, 1.807) is 29.4 Å². The monoisotopic (exact) mass is 298 g/mol. The Labute approximate surface area is 122 Å². The molecule has 0 radical (unpaired) electrons. The lowest BCUT2D eigenvalue weighted by Gasteiger charge is -2.37. The number of rotatable bonds is 6. The number of halogens is 1. The molecule has 0 amide bonds. The van der Waals surface area contributed by atoms with Gasteiger partial charge in [0.15, 0.2) is 0 Å². The fourth-order valence-electron chi connectivity index (χ4n) is 2.28. The van der Waals surface area contributed by atoms with Crippen LogP contribution < -0.4 is 5.73 Å². The number of aliphatic hydroxyl groups excluding tert-OH is 2. The van der Waals surface area contributed by atoms with Gasteiger partial charge < -0.3 is 20.4 Å². The van der Waals surface area contributed by atoms with Gasteiger partial charge in [-0.15, -0.1) is 0 Å². The van der Waals surface area contributed by atoms with E-state index in [1.807, 2.05) is 12.1 Å². The van der Waals surface area contributed by atoms with Crippen molar-refractivity contribution >= 4 is 17.2 Å². The molecule has 5 nitrogen and oxygen atoms in total. The van der Waals surface area contributed by atoms with Crippen molar-refractivity contribution < 1.29 is 14.6 Å². The molecule has 0 fully saturated rings. The first-order valence-corrected chi connectivity index (χ1v) is 6.86. The molecule has 6 heteroatoms. The number of hydrogen-bond acceptors (Lipinski definition) is 5. The van der Waals surface area contributed by atoms with E-state index in [0.29, 0.717) is 18.8 Å². The molecule has 0 saturated heterocycles. The van der Waals surface area contributed by atoms with Crippen molar-refractivity contribution in [3.8, 4) is 0 Å². The van der Waals surface area contributed by atoms with Crippen LogP contribution in [0, 0.1) is 0 Å². The van der Waals surface area contributed by atoms with E-state index in [-0.39, 0.29) is 19.3 Å². The van der Waals surface area contributed by atoms with E-state index >= 15 is 0 Å². The van der Waals surface area contributed by atoms with Crippen molar-refractivity contribution in [3.05, 3.63) is 42.4 Å². The summed E-state index contributed by atoms with van der Waals surface area (Å²) in [7, 11) is 0. The van der Waals surface area contributed by atoms with E-state index in [1.165, 1.54) is 0 Å². The van der Waals surface area contributed by atoms with Crippen molar-refractivity contribution in [3.63, 3.8) is 0 Å². The van der Waals surface area contributed by atoms with Crippen LogP contribution in [0.2, 0.25) is 0 Å². The summed E-state index contributed by atoms with van der Waals surface area (Å²) in [6.45, 7) is 0.619. The molecule has 0 spiro atoms. The maximum atomic E-state index is 9.14. The fraction of sp³-hybridized carbons (Fsp3) is 0.429. The van der Waals surface area contributed by atoms with Gasteiger partial charge in [0.25, 0.3) is 0 Å². The normalized spacial score (nSPS) is 26.1. The number of nitrogens with zero attached hydrogens (tertiary/aromatic N) is 1. The Balaban J connectivity index is 2.32. The molecular formula is C14H19ClN2O3. The molecule has 2 unspecified atom stereocenters. The highest BCUT2D eigenvalue weighted by atomic mass is 35.5. The van der Waals surface area contributed by atoms with Crippen molar-refractivity contribution in [2.45, 2.75) is 11.0 Å². The maximum Gasteiger partial charge on any atom is 0.134 e. The summed E-state index contributed by atoms with van der Waals surface area (Å²) in [4.78, 5) is 0.851. The number of hydrogen-bond donors (Lipinski definition) is 3. The van der Waals surface area contributed by atoms with E-state index in [4.69, 9.17) is 32.0 Å². The third kappa shape index (κ3) is 3.13. The Morgan fingerprint density at radius 1 is 1.35 bits per heavy atom. The molecule has 1 aliphatic carbocycles. The summed E-state index contributed by atoms with van der Waals surface area (Å²) in [6.07, 6.45) is 6.96. The molecule has 1 aromatic heterocycles. The Hall–Kier alpha value is -1.11. The van der Waals surface area contributed by atoms with Crippen LogP contribution in [0.3, 0.4) is 0 Å². The zero-order valence-corrected chi connectivity index (χ0v) is 11.8. The summed E-state index contributed by atoms with van der Waals surface area (Å²) >= 11 is 6.62. The first kappa shape index (κ1) is 15.3. The van der Waals surface area contributed by atoms with E-state index in [0.717, 1.165) is 5.57 Å². The zero-order valence-electron chi connectivity index (χ0n) is 11.1. The topological polar surface area (TPSA) is 82.9 Å². The minimum absolute atomic E-state index is 0.0434. The fourth-order valence-corrected chi connectivity index (χ4v) is 2.63. The van der Waals surface area contributed by atoms with Crippen molar-refractivity contribution in [2.75, 3.05) is 26.3 Å². The van der Waals surface area contributed by atoms with Crippen LogP contribution in [-0.2, 0) is 0 Å². The highest BCUT2D eigenvalue weighted by molar-refractivity contribution is 6.27. The van der Waals surface area contributed by atoms with Gasteiger partial charge >= 0.3 is 0 Å². The first-order valence-electron chi connectivity index (χ1n) is 6.48. The van der Waals surface area contributed by atoms with Gasteiger partial charge in [-0.05, 0) is 24.3 Å². The predicted octanol–water partition coefficient (Wildman–Crippen LogP) is 0.782. The molecule has 0 saturated carbocycles. The Morgan fingerprint density at radius 3 is 2.60 bits per heavy atom. The molecule has 1 aromatic rings. The van der Waals surface area contributed by atoms with Gasteiger partial charge in [0.1, 0.15) is 10.8 Å². The van der Waals surface area contributed by atoms with Crippen LogP contribution in [0.25, 0.3) is 5.57 Å². The van der Waals surface area contributed by atoms with E-state index in [2.05, 4.69) is 0 Å². The van der Waals surface area contributed by atoms with Gasteiger partial charge in [-0.3, -0.25) is 4.90 Å². The van der Waals surface area contributed by atoms with Gasteiger partial charge in [0.2, 0.25) is 0 Å². The van der Waals surface area contributed by atoms with Crippen molar-refractivity contribution in [2.24, 2.45) is 5.73 Å². The third-order valence-corrected chi connectivity index (χ3v) is 3.76. The second-order valence-electron chi connectivity index (χ2n) is 4.62. The molecular weight excluding hydrogens is 280 g/mol. The number of alkyl halides is 1. The van der Waals surface area contributed by atoms with Crippen molar-refractivity contribution in [1.29, 1.82) is 0 Å². The number of nitrogens with two attached hydrogens (primary N) is 1. The Morgan fingerprint density at radius 2 is 2.05 bits per heavy atom. The summed E-state index contributed by atoms with van der Waals surface area (Å²) in [5.74, 6) is 0.667. The van der Waals surface area contributed by atoms with Gasteiger partial charge in [0, 0.05) is 18.7 Å². The lowest BCUT2D eigenvalue weighted by atomic mass is 9.95. The van der Waals surface area contributed by atoms with Gasteiger partial charge in [-0.2, -0.15) is 0 Å². The van der Waals surface area contributed by atoms with E-state index < -0.39 is 5.00 Å². The molecule has 0 aliphatic heterocycles. The minimum atomic E-state index is -0.927. The molecule has 0 bridgehead atoms. The average Bonchev–Trinajstić information content (AvgIpc) is 2.95. The van der Waals surface area contributed by atoms with Crippen LogP contribution in [0.5, 0.6) is 0 Å². The first-order chi connectivity index (χ1) is 9.60. The maximum absolute atomic E-state index is 9.14. The van der Waals surface area contributed by atoms with Crippen LogP contribution in [-0.4, -0.2) is 52.5 Å². The molecule has 0 aromatic carbocycles. The van der Waals surface area contributed by atoms with Crippen LogP contribution in [0.15, 0.2) is 41.0 Å². The predicted molar refractivity (Wildman–Crippen MR) is 78.1 cm³/mol. The molecule has 20 heavy (non-hydrogen) atoms. The van der Waals surface area contributed by atoms with Crippen molar-refractivity contribution in [1.82, 2.24) is 4.90 Å². The smallest absolute Gasteiger partial charge is 0.134 e. The van der Waals surface area contributed by atoms with Gasteiger partial charge in [0.05, 0.1) is 25.5 Å². The van der Waals surface area contributed by atoms with Crippen LogP contribution in [0.4, 0.5) is 0 Å². The molecule has 1 aliphatic rings. The third-order valence-electron chi connectivity index (χ3n) is 3.28. The Kier molecular flexibility index (Phi) is 5.01. The van der Waals surface area contributed by atoms with Gasteiger partial charge in [-0.1, -0.05) is 17.7 Å². The molecule has 2 rings (SSSR count).